The van der Waals surface area contributed by atoms with Crippen LogP contribution in [0.15, 0.2) is 24.3 Å². The maximum Gasteiger partial charge on any atom is 0.220 e. The first-order valence-electron chi connectivity index (χ1n) is 7.13. The highest BCUT2D eigenvalue weighted by Crippen LogP contribution is 2.25. The van der Waals surface area contributed by atoms with Crippen LogP contribution in [0.4, 0.5) is 0 Å². The molecule has 0 aliphatic carbocycles. The average Bonchev–Trinajstić information content (AvgIpc) is 2.41. The van der Waals surface area contributed by atoms with E-state index in [4.69, 9.17) is 10.5 Å². The fourth-order valence-electron chi connectivity index (χ4n) is 1.76. The predicted molar refractivity (Wildman–Crippen MR) is 89.2 cm³/mol. The Morgan fingerprint density at radius 3 is 2.67 bits per heavy atom. The van der Waals surface area contributed by atoms with Crippen molar-refractivity contribution in [1.82, 2.24) is 5.32 Å². The molecule has 0 fully saturated rings. The van der Waals surface area contributed by atoms with Crippen molar-refractivity contribution in [3.8, 4) is 5.75 Å². The number of ether oxygens (including phenoxy) is 1. The molecular formula is C16H27ClN2O2. The molecule has 5 heteroatoms. The molecule has 0 saturated heterocycles. The molecule has 0 aliphatic heterocycles. The normalized spacial score (nSPS) is 10.7. The maximum absolute atomic E-state index is 11.4. The Kier molecular flexibility index (Phi) is 9.06. The smallest absolute Gasteiger partial charge is 0.220 e. The summed E-state index contributed by atoms with van der Waals surface area (Å²) in [5, 5.41) is 2.81. The molecule has 0 bridgehead atoms. The number of rotatable bonds is 7. The van der Waals surface area contributed by atoms with Gasteiger partial charge in [-0.15, -0.1) is 12.4 Å². The number of hydrogen-bond acceptors (Lipinski definition) is 3. The average molecular weight is 315 g/mol. The summed E-state index contributed by atoms with van der Waals surface area (Å²) in [6.45, 7) is 8.05. The third-order valence-corrected chi connectivity index (χ3v) is 3.00. The Morgan fingerprint density at radius 2 is 2.05 bits per heavy atom. The molecule has 0 atom stereocenters. The lowest BCUT2D eigenvalue weighted by Crippen LogP contribution is -2.28. The molecule has 120 valence electrons. The summed E-state index contributed by atoms with van der Waals surface area (Å²) < 4.78 is 5.66. The van der Waals surface area contributed by atoms with Crippen molar-refractivity contribution >= 4 is 18.3 Å². The van der Waals surface area contributed by atoms with Gasteiger partial charge < -0.3 is 15.8 Å². The van der Waals surface area contributed by atoms with E-state index in [0.29, 0.717) is 26.1 Å². The highest BCUT2D eigenvalue weighted by molar-refractivity contribution is 5.85. The molecule has 0 radical (unpaired) electrons. The Labute approximate surface area is 133 Å². The molecule has 21 heavy (non-hydrogen) atoms. The highest BCUT2D eigenvalue weighted by Gasteiger charge is 2.13. The molecule has 0 heterocycles. The van der Waals surface area contributed by atoms with E-state index in [0.717, 1.165) is 12.2 Å². The minimum Gasteiger partial charge on any atom is -0.492 e. The van der Waals surface area contributed by atoms with E-state index < -0.39 is 0 Å². The first-order valence-corrected chi connectivity index (χ1v) is 7.13. The van der Waals surface area contributed by atoms with Crippen molar-refractivity contribution in [2.24, 2.45) is 5.73 Å². The zero-order chi connectivity index (χ0) is 15.0. The molecule has 1 rings (SSSR count). The Balaban J connectivity index is 0.00000400. The van der Waals surface area contributed by atoms with E-state index >= 15 is 0 Å². The third kappa shape index (κ3) is 7.93. The van der Waals surface area contributed by atoms with Crippen LogP contribution >= 0.6 is 12.4 Å². The summed E-state index contributed by atoms with van der Waals surface area (Å²) in [6, 6.07) is 8.08. The van der Waals surface area contributed by atoms with Crippen LogP contribution in [-0.2, 0) is 10.2 Å². The first-order chi connectivity index (χ1) is 9.43. The lowest BCUT2D eigenvalue weighted by molar-refractivity contribution is -0.121. The summed E-state index contributed by atoms with van der Waals surface area (Å²) in [4.78, 5) is 11.4. The van der Waals surface area contributed by atoms with Gasteiger partial charge in [-0.2, -0.15) is 0 Å². The van der Waals surface area contributed by atoms with Gasteiger partial charge >= 0.3 is 0 Å². The van der Waals surface area contributed by atoms with Gasteiger partial charge in [-0.25, -0.2) is 0 Å². The summed E-state index contributed by atoms with van der Waals surface area (Å²) in [5.41, 5.74) is 6.70. The number of amides is 1. The predicted octanol–water partition coefficient (Wildman–Crippen LogP) is 2.64. The lowest BCUT2D eigenvalue weighted by atomic mass is 9.87. The largest absolute Gasteiger partial charge is 0.492 e. The molecule has 1 aromatic rings. The Morgan fingerprint density at radius 1 is 1.33 bits per heavy atom. The van der Waals surface area contributed by atoms with Gasteiger partial charge in [0, 0.05) is 6.42 Å². The maximum atomic E-state index is 11.4. The monoisotopic (exact) mass is 314 g/mol. The van der Waals surface area contributed by atoms with Crippen LogP contribution in [0.3, 0.4) is 0 Å². The second-order valence-electron chi connectivity index (χ2n) is 5.87. The molecular weight excluding hydrogens is 288 g/mol. The van der Waals surface area contributed by atoms with E-state index in [-0.39, 0.29) is 23.7 Å². The van der Waals surface area contributed by atoms with Crippen molar-refractivity contribution in [2.45, 2.75) is 39.0 Å². The minimum atomic E-state index is 0. The number of halogens is 1. The lowest BCUT2D eigenvalue weighted by Gasteiger charge is -2.19. The molecule has 0 spiro atoms. The van der Waals surface area contributed by atoms with Gasteiger partial charge in [0.05, 0.1) is 6.54 Å². The van der Waals surface area contributed by atoms with E-state index in [2.05, 4.69) is 38.2 Å². The van der Waals surface area contributed by atoms with E-state index in [9.17, 15) is 4.79 Å². The third-order valence-electron chi connectivity index (χ3n) is 3.00. The van der Waals surface area contributed by atoms with Crippen molar-refractivity contribution < 1.29 is 9.53 Å². The van der Waals surface area contributed by atoms with Gasteiger partial charge in [0.2, 0.25) is 5.91 Å². The molecule has 1 aromatic carbocycles. The van der Waals surface area contributed by atoms with Crippen LogP contribution in [0.1, 0.15) is 39.2 Å². The van der Waals surface area contributed by atoms with Crippen molar-refractivity contribution in [3.63, 3.8) is 0 Å². The van der Waals surface area contributed by atoms with Gasteiger partial charge in [-0.1, -0.05) is 32.9 Å². The molecule has 0 aromatic heterocycles. The van der Waals surface area contributed by atoms with Gasteiger partial charge in [0.25, 0.3) is 0 Å². The fraction of sp³-hybridized carbons (Fsp3) is 0.562. The molecule has 0 saturated carbocycles. The van der Waals surface area contributed by atoms with Gasteiger partial charge in [-0.3, -0.25) is 4.79 Å². The number of carbonyl (C=O) groups is 1. The molecule has 0 aliphatic rings. The van der Waals surface area contributed by atoms with Crippen molar-refractivity contribution in [2.75, 3.05) is 19.7 Å². The molecule has 0 unspecified atom stereocenters. The van der Waals surface area contributed by atoms with E-state index in [1.165, 1.54) is 5.56 Å². The first kappa shape index (κ1) is 19.7. The minimum absolute atomic E-state index is 0. The van der Waals surface area contributed by atoms with Gasteiger partial charge in [0.15, 0.2) is 0 Å². The number of benzene rings is 1. The van der Waals surface area contributed by atoms with E-state index in [1.807, 2.05) is 12.1 Å². The number of hydrogen-bond donors (Lipinski definition) is 2. The van der Waals surface area contributed by atoms with Crippen molar-refractivity contribution in [1.29, 1.82) is 0 Å². The zero-order valence-corrected chi connectivity index (χ0v) is 14.0. The Hall–Kier alpha value is -1.26. The van der Waals surface area contributed by atoms with Gasteiger partial charge in [0.1, 0.15) is 12.4 Å². The van der Waals surface area contributed by atoms with Crippen LogP contribution in [0.5, 0.6) is 5.75 Å². The summed E-state index contributed by atoms with van der Waals surface area (Å²) in [5.74, 6) is 0.871. The van der Waals surface area contributed by atoms with Crippen molar-refractivity contribution in [3.05, 3.63) is 29.8 Å². The van der Waals surface area contributed by atoms with Crippen LogP contribution < -0.4 is 15.8 Å². The molecule has 4 nitrogen and oxygen atoms in total. The Bertz CT molecular complexity index is 431. The van der Waals surface area contributed by atoms with Gasteiger partial charge in [-0.05, 0) is 36.1 Å². The summed E-state index contributed by atoms with van der Waals surface area (Å²) in [7, 11) is 0. The fourth-order valence-corrected chi connectivity index (χ4v) is 1.76. The second kappa shape index (κ2) is 9.64. The number of nitrogens with two attached hydrogens (primary N) is 1. The summed E-state index contributed by atoms with van der Waals surface area (Å²) in [6.07, 6.45) is 1.20. The second-order valence-corrected chi connectivity index (χ2v) is 5.87. The van der Waals surface area contributed by atoms with Crippen LogP contribution in [0, 0.1) is 0 Å². The number of carbonyl (C=O) groups excluding carboxylic acids is 1. The standard InChI is InChI=1S/C16H26N2O2.ClH/c1-16(2,3)13-6-4-7-14(12-13)20-11-10-18-15(19)8-5-9-17;/h4,6-7,12H,5,8-11,17H2,1-3H3,(H,18,19);1H. The quantitative estimate of drug-likeness (QED) is 0.760. The topological polar surface area (TPSA) is 64.3 Å². The van der Waals surface area contributed by atoms with Crippen LogP contribution in [0.2, 0.25) is 0 Å². The zero-order valence-electron chi connectivity index (χ0n) is 13.1. The van der Waals surface area contributed by atoms with Crippen LogP contribution in [-0.4, -0.2) is 25.6 Å². The number of nitrogens with one attached hydrogen (secondary N) is 1. The molecule has 1 amide bonds. The SMILES string of the molecule is CC(C)(C)c1cccc(OCCNC(=O)CCCN)c1.Cl. The van der Waals surface area contributed by atoms with E-state index in [1.54, 1.807) is 0 Å². The van der Waals surface area contributed by atoms with Crippen LogP contribution in [0.25, 0.3) is 0 Å². The summed E-state index contributed by atoms with van der Waals surface area (Å²) >= 11 is 0. The molecule has 3 N–H and O–H groups in total. The highest BCUT2D eigenvalue weighted by atomic mass is 35.5.